The molecule has 2 aliphatic rings. The molecule has 2 rings (SSSR count). The van der Waals surface area contributed by atoms with Gasteiger partial charge < -0.3 is 5.32 Å². The average Bonchev–Trinajstić information content (AvgIpc) is 2.03. The van der Waals surface area contributed by atoms with Gasteiger partial charge in [0.2, 0.25) is 0 Å². The predicted molar refractivity (Wildman–Crippen MR) is 43.0 cm³/mol. The maximum Gasteiger partial charge on any atom is 0.251 e. The minimum Gasteiger partial charge on any atom is -0.352 e. The van der Waals surface area contributed by atoms with E-state index in [1.54, 1.807) is 0 Å². The first-order chi connectivity index (χ1) is 5.22. The molecule has 1 fully saturated rings. The Morgan fingerprint density at radius 1 is 1.27 bits per heavy atom. The molecule has 1 amide bonds. The van der Waals surface area contributed by atoms with E-state index in [0.29, 0.717) is 0 Å². The third-order valence-corrected chi connectivity index (χ3v) is 2.58. The van der Waals surface area contributed by atoms with Gasteiger partial charge in [0.1, 0.15) is 0 Å². The minimum atomic E-state index is 0.120. The van der Waals surface area contributed by atoms with E-state index in [9.17, 15) is 4.79 Å². The smallest absolute Gasteiger partial charge is 0.251 e. The van der Waals surface area contributed by atoms with E-state index in [-0.39, 0.29) is 5.91 Å². The van der Waals surface area contributed by atoms with E-state index in [4.69, 9.17) is 0 Å². The Labute approximate surface area is 66.0 Å². The number of fused-ring (bicyclic) bond motifs is 1. The quantitative estimate of drug-likeness (QED) is 0.550. The molecule has 58 valence electrons. The molecule has 0 unspecified atom stereocenters. The van der Waals surface area contributed by atoms with Gasteiger partial charge in [-0.1, -0.05) is 0 Å². The maximum atomic E-state index is 11.2. The highest BCUT2D eigenvalue weighted by molar-refractivity contribution is 6.03. The van der Waals surface area contributed by atoms with Crippen LogP contribution in [-0.4, -0.2) is 12.5 Å². The largest absolute Gasteiger partial charge is 0.352 e. The van der Waals surface area contributed by atoms with E-state index in [0.717, 1.165) is 18.5 Å². The molecule has 11 heavy (non-hydrogen) atoms. The molecule has 0 atom stereocenters. The Hall–Kier alpha value is -1.05. The van der Waals surface area contributed by atoms with Crippen LogP contribution in [0.5, 0.6) is 0 Å². The van der Waals surface area contributed by atoms with Gasteiger partial charge in [0.25, 0.3) is 5.91 Å². The summed E-state index contributed by atoms with van der Waals surface area (Å²) in [6, 6.07) is 0. The normalized spacial score (nSPS) is 22.9. The summed E-state index contributed by atoms with van der Waals surface area (Å²) < 4.78 is 0. The second-order valence-electron chi connectivity index (χ2n) is 3.11. The van der Waals surface area contributed by atoms with Crippen LogP contribution in [0.25, 0.3) is 0 Å². The number of rotatable bonds is 0. The van der Waals surface area contributed by atoms with Crippen molar-refractivity contribution in [1.82, 2.24) is 5.32 Å². The molecule has 1 saturated heterocycles. The first-order valence-corrected chi connectivity index (χ1v) is 3.91. The molecular weight excluding hydrogens is 138 g/mol. The van der Waals surface area contributed by atoms with E-state index >= 15 is 0 Å². The van der Waals surface area contributed by atoms with E-state index in [2.05, 4.69) is 12.2 Å². The summed E-state index contributed by atoms with van der Waals surface area (Å²) in [6.45, 7) is 4.91. The summed E-state index contributed by atoms with van der Waals surface area (Å²) in [5, 5.41) is 2.83. The molecule has 1 N–H and O–H groups in total. The summed E-state index contributed by atoms with van der Waals surface area (Å²) in [4.78, 5) is 11.2. The molecule has 0 bridgehead atoms. The SMILES string of the molecule is CC1=C2CCNC(=O)C2=C1C. The van der Waals surface area contributed by atoms with Crippen molar-refractivity contribution in [2.45, 2.75) is 20.3 Å². The Morgan fingerprint density at radius 3 is 2.64 bits per heavy atom. The number of nitrogens with one attached hydrogen (secondary N) is 1. The van der Waals surface area contributed by atoms with Crippen molar-refractivity contribution in [3.8, 4) is 0 Å². The first kappa shape index (κ1) is 6.65. The molecule has 1 aliphatic carbocycles. The third kappa shape index (κ3) is 0.694. The van der Waals surface area contributed by atoms with Crippen molar-refractivity contribution >= 4 is 5.91 Å². The highest BCUT2D eigenvalue weighted by atomic mass is 16.1. The van der Waals surface area contributed by atoms with E-state index in [1.165, 1.54) is 16.7 Å². The molecule has 0 radical (unpaired) electrons. The number of carbonyl (C=O) groups excluding carboxylic acids is 1. The van der Waals surface area contributed by atoms with Crippen molar-refractivity contribution in [3.63, 3.8) is 0 Å². The average molecular weight is 149 g/mol. The van der Waals surface area contributed by atoms with Crippen molar-refractivity contribution in [3.05, 3.63) is 22.3 Å². The van der Waals surface area contributed by atoms with Gasteiger partial charge in [-0.05, 0) is 37.0 Å². The molecule has 0 aromatic carbocycles. The summed E-state index contributed by atoms with van der Waals surface area (Å²) >= 11 is 0. The van der Waals surface area contributed by atoms with Crippen molar-refractivity contribution in [1.29, 1.82) is 0 Å². The zero-order valence-electron chi connectivity index (χ0n) is 6.82. The van der Waals surface area contributed by atoms with Crippen molar-refractivity contribution < 1.29 is 4.79 Å². The molecule has 1 aliphatic heterocycles. The second kappa shape index (κ2) is 1.97. The lowest BCUT2D eigenvalue weighted by Crippen LogP contribution is -2.36. The van der Waals surface area contributed by atoms with Gasteiger partial charge in [0, 0.05) is 12.1 Å². The lowest BCUT2D eigenvalue weighted by atomic mass is 9.78. The standard InChI is InChI=1S/C9H11NO/c1-5-6(2)8-7(5)3-4-10-9(8)11/h3-4H2,1-2H3,(H,10,11). The number of hydrogen-bond donors (Lipinski definition) is 1. The number of amides is 1. The molecule has 0 aromatic rings. The van der Waals surface area contributed by atoms with Crippen LogP contribution in [0.4, 0.5) is 0 Å². The maximum absolute atomic E-state index is 11.2. The fraction of sp³-hybridized carbons (Fsp3) is 0.444. The fourth-order valence-corrected chi connectivity index (χ4v) is 1.77. The van der Waals surface area contributed by atoms with Gasteiger partial charge in [-0.15, -0.1) is 0 Å². The highest BCUT2D eigenvalue weighted by Gasteiger charge is 2.30. The summed E-state index contributed by atoms with van der Waals surface area (Å²) in [5.74, 6) is 0.120. The zero-order valence-corrected chi connectivity index (χ0v) is 6.82. The molecular formula is C9H11NO. The van der Waals surface area contributed by atoms with Crippen molar-refractivity contribution in [2.24, 2.45) is 0 Å². The van der Waals surface area contributed by atoms with Gasteiger partial charge in [-0.3, -0.25) is 4.79 Å². The Kier molecular flexibility index (Phi) is 1.19. The van der Waals surface area contributed by atoms with E-state index in [1.807, 2.05) is 6.92 Å². The van der Waals surface area contributed by atoms with Gasteiger partial charge in [0.05, 0.1) is 0 Å². The molecule has 2 heteroatoms. The molecule has 0 spiro atoms. The second-order valence-corrected chi connectivity index (χ2v) is 3.11. The topological polar surface area (TPSA) is 29.1 Å². The molecule has 1 heterocycles. The van der Waals surface area contributed by atoms with Gasteiger partial charge in [-0.25, -0.2) is 0 Å². The monoisotopic (exact) mass is 149 g/mol. The molecule has 2 nitrogen and oxygen atoms in total. The van der Waals surface area contributed by atoms with Crippen LogP contribution in [0.3, 0.4) is 0 Å². The van der Waals surface area contributed by atoms with Gasteiger partial charge >= 0.3 is 0 Å². The van der Waals surface area contributed by atoms with Crippen LogP contribution in [0, 0.1) is 0 Å². The van der Waals surface area contributed by atoms with Gasteiger partial charge in [0.15, 0.2) is 0 Å². The number of carbonyl (C=O) groups is 1. The van der Waals surface area contributed by atoms with Crippen LogP contribution < -0.4 is 5.32 Å². The third-order valence-electron chi connectivity index (χ3n) is 2.58. The Bertz CT molecular complexity index is 297. The van der Waals surface area contributed by atoms with Gasteiger partial charge in [-0.2, -0.15) is 0 Å². The summed E-state index contributed by atoms with van der Waals surface area (Å²) in [6.07, 6.45) is 1.02. The van der Waals surface area contributed by atoms with Crippen LogP contribution in [0.15, 0.2) is 22.3 Å². The number of hydrogen-bond acceptors (Lipinski definition) is 1. The Morgan fingerprint density at radius 2 is 2.00 bits per heavy atom. The predicted octanol–water partition coefficient (Wildman–Crippen LogP) is 1.15. The van der Waals surface area contributed by atoms with E-state index < -0.39 is 0 Å². The van der Waals surface area contributed by atoms with Crippen LogP contribution in [0.2, 0.25) is 0 Å². The first-order valence-electron chi connectivity index (χ1n) is 3.91. The Balaban J connectivity index is 2.38. The lowest BCUT2D eigenvalue weighted by molar-refractivity contribution is -0.117. The van der Waals surface area contributed by atoms with Crippen LogP contribution in [0.1, 0.15) is 20.3 Å². The molecule has 0 aromatic heterocycles. The molecule has 0 saturated carbocycles. The minimum absolute atomic E-state index is 0.120. The zero-order chi connectivity index (χ0) is 8.01. The van der Waals surface area contributed by atoms with Crippen LogP contribution >= 0.6 is 0 Å². The lowest BCUT2D eigenvalue weighted by Gasteiger charge is -2.30. The highest BCUT2D eigenvalue weighted by Crippen LogP contribution is 2.38. The summed E-state index contributed by atoms with van der Waals surface area (Å²) in [7, 11) is 0. The van der Waals surface area contributed by atoms with Crippen molar-refractivity contribution in [2.75, 3.05) is 6.54 Å². The number of piperidine rings is 1. The fourth-order valence-electron chi connectivity index (χ4n) is 1.77. The number of allylic oxidation sites excluding steroid dienone is 2. The van der Waals surface area contributed by atoms with Crippen LogP contribution in [-0.2, 0) is 4.79 Å². The summed E-state index contributed by atoms with van der Waals surface area (Å²) in [5.41, 5.74) is 4.74.